The standard InChI is InChI=1S/C22H22N2O3.ClH/c1-14-19(25)17-9-6-10-18(22(26)24(2)16-11-12-23-13-16)21(17)27-20(14)15-7-4-3-5-8-15;/h3-10,16,23H,11-13H2,1-2H3;1H. The van der Waals surface area contributed by atoms with Crippen LogP contribution in [0.4, 0.5) is 0 Å². The molecule has 0 bridgehead atoms. The molecule has 3 aromatic rings. The molecule has 4 rings (SSSR count). The summed E-state index contributed by atoms with van der Waals surface area (Å²) in [6.45, 7) is 3.45. The number of fused-ring (bicyclic) bond motifs is 1. The van der Waals surface area contributed by atoms with Crippen LogP contribution < -0.4 is 10.7 Å². The maximum atomic E-state index is 13.1. The van der Waals surface area contributed by atoms with Crippen molar-refractivity contribution >= 4 is 29.3 Å². The normalized spacial score (nSPS) is 16.0. The van der Waals surface area contributed by atoms with Crippen molar-refractivity contribution in [2.24, 2.45) is 0 Å². The number of hydrogen-bond donors (Lipinski definition) is 1. The van der Waals surface area contributed by atoms with Crippen LogP contribution in [0.3, 0.4) is 0 Å². The first-order valence-corrected chi connectivity index (χ1v) is 9.17. The summed E-state index contributed by atoms with van der Waals surface area (Å²) in [5.74, 6) is 0.388. The maximum Gasteiger partial charge on any atom is 0.257 e. The molecule has 0 aliphatic carbocycles. The van der Waals surface area contributed by atoms with Crippen LogP contribution in [0.2, 0.25) is 0 Å². The van der Waals surface area contributed by atoms with E-state index in [1.165, 1.54) is 0 Å². The molecule has 6 heteroatoms. The fourth-order valence-electron chi connectivity index (χ4n) is 3.67. The van der Waals surface area contributed by atoms with Gasteiger partial charge in [0.1, 0.15) is 5.76 Å². The van der Waals surface area contributed by atoms with Gasteiger partial charge in [0.15, 0.2) is 11.0 Å². The highest BCUT2D eigenvalue weighted by Crippen LogP contribution is 2.28. The van der Waals surface area contributed by atoms with Gasteiger partial charge in [-0.1, -0.05) is 36.4 Å². The van der Waals surface area contributed by atoms with Crippen LogP contribution >= 0.6 is 12.4 Å². The Morgan fingerprint density at radius 1 is 1.14 bits per heavy atom. The summed E-state index contributed by atoms with van der Waals surface area (Å²) >= 11 is 0. The number of amides is 1. The zero-order valence-corrected chi connectivity index (χ0v) is 16.7. The molecule has 1 N–H and O–H groups in total. The first kappa shape index (κ1) is 20.1. The molecular weight excluding hydrogens is 376 g/mol. The van der Waals surface area contributed by atoms with Gasteiger partial charge in [0.2, 0.25) is 0 Å². The number of nitrogens with one attached hydrogen (secondary N) is 1. The molecule has 1 unspecified atom stereocenters. The van der Waals surface area contributed by atoms with Crippen molar-refractivity contribution in [3.63, 3.8) is 0 Å². The van der Waals surface area contributed by atoms with Crippen LogP contribution in [0.25, 0.3) is 22.3 Å². The first-order valence-electron chi connectivity index (χ1n) is 9.17. The topological polar surface area (TPSA) is 62.6 Å². The number of hydrogen-bond acceptors (Lipinski definition) is 4. The summed E-state index contributed by atoms with van der Waals surface area (Å²) in [5, 5.41) is 3.72. The van der Waals surface area contributed by atoms with Gasteiger partial charge < -0.3 is 14.6 Å². The fraction of sp³-hybridized carbons (Fsp3) is 0.273. The summed E-state index contributed by atoms with van der Waals surface area (Å²) in [4.78, 5) is 27.8. The largest absolute Gasteiger partial charge is 0.455 e. The van der Waals surface area contributed by atoms with Crippen LogP contribution in [0.1, 0.15) is 22.3 Å². The van der Waals surface area contributed by atoms with Crippen LogP contribution in [0.15, 0.2) is 57.7 Å². The SMILES string of the molecule is Cc1c(-c2ccccc2)oc2c(C(=O)N(C)C3CCNC3)cccc2c1=O.Cl. The second-order valence-corrected chi connectivity index (χ2v) is 7.00. The van der Waals surface area contributed by atoms with Gasteiger partial charge in [0.25, 0.3) is 5.91 Å². The minimum atomic E-state index is -0.125. The summed E-state index contributed by atoms with van der Waals surface area (Å²) in [6.07, 6.45) is 0.922. The highest BCUT2D eigenvalue weighted by atomic mass is 35.5. The predicted molar refractivity (Wildman–Crippen MR) is 113 cm³/mol. The Hall–Kier alpha value is -2.63. The van der Waals surface area contributed by atoms with Gasteiger partial charge in [-0.25, -0.2) is 0 Å². The summed E-state index contributed by atoms with van der Waals surface area (Å²) < 4.78 is 6.16. The third kappa shape index (κ3) is 3.43. The van der Waals surface area contributed by atoms with E-state index in [2.05, 4.69) is 5.32 Å². The molecule has 146 valence electrons. The zero-order valence-electron chi connectivity index (χ0n) is 15.9. The highest BCUT2D eigenvalue weighted by molar-refractivity contribution is 6.05. The minimum absolute atomic E-state index is 0. The van der Waals surface area contributed by atoms with Gasteiger partial charge in [-0.3, -0.25) is 9.59 Å². The predicted octanol–water partition coefficient (Wildman–Crippen LogP) is 3.62. The lowest BCUT2D eigenvalue weighted by molar-refractivity contribution is 0.0744. The number of para-hydroxylation sites is 1. The lowest BCUT2D eigenvalue weighted by atomic mass is 10.0. The van der Waals surface area contributed by atoms with E-state index in [9.17, 15) is 9.59 Å². The average Bonchev–Trinajstić information content (AvgIpc) is 3.24. The molecule has 5 nitrogen and oxygen atoms in total. The molecule has 0 saturated carbocycles. The van der Waals surface area contributed by atoms with Crippen molar-refractivity contribution in [2.75, 3.05) is 20.1 Å². The van der Waals surface area contributed by atoms with E-state index in [4.69, 9.17) is 4.42 Å². The number of likely N-dealkylation sites (N-methyl/N-ethyl adjacent to an activating group) is 1. The van der Waals surface area contributed by atoms with Crippen molar-refractivity contribution in [3.8, 4) is 11.3 Å². The van der Waals surface area contributed by atoms with E-state index >= 15 is 0 Å². The molecule has 2 aromatic carbocycles. The van der Waals surface area contributed by atoms with E-state index in [-0.39, 0.29) is 29.8 Å². The van der Waals surface area contributed by atoms with Crippen molar-refractivity contribution in [3.05, 3.63) is 69.9 Å². The molecule has 0 radical (unpaired) electrons. The van der Waals surface area contributed by atoms with Crippen LogP contribution in [0.5, 0.6) is 0 Å². The van der Waals surface area contributed by atoms with Gasteiger partial charge in [-0.2, -0.15) is 0 Å². The second kappa shape index (κ2) is 8.17. The quantitative estimate of drug-likeness (QED) is 0.731. The monoisotopic (exact) mass is 398 g/mol. The fourth-order valence-corrected chi connectivity index (χ4v) is 3.67. The van der Waals surface area contributed by atoms with Crippen LogP contribution in [-0.4, -0.2) is 37.0 Å². The summed E-state index contributed by atoms with van der Waals surface area (Å²) in [7, 11) is 1.81. The smallest absolute Gasteiger partial charge is 0.257 e. The molecule has 0 spiro atoms. The third-order valence-corrected chi connectivity index (χ3v) is 5.31. The summed E-state index contributed by atoms with van der Waals surface area (Å²) in [5.41, 5.74) is 2.05. The van der Waals surface area contributed by atoms with Gasteiger partial charge in [0.05, 0.1) is 10.9 Å². The number of carbonyl (C=O) groups is 1. The molecule has 1 aliphatic heterocycles. The molecule has 1 aromatic heterocycles. The Morgan fingerprint density at radius 2 is 1.89 bits per heavy atom. The van der Waals surface area contributed by atoms with Gasteiger partial charge in [0, 0.05) is 30.8 Å². The molecule has 1 saturated heterocycles. The zero-order chi connectivity index (χ0) is 19.0. The molecule has 1 amide bonds. The number of benzene rings is 2. The second-order valence-electron chi connectivity index (χ2n) is 7.00. The number of nitrogens with zero attached hydrogens (tertiary/aromatic N) is 1. The third-order valence-electron chi connectivity index (χ3n) is 5.31. The van der Waals surface area contributed by atoms with Crippen molar-refractivity contribution < 1.29 is 9.21 Å². The molecular formula is C22H23ClN2O3. The lowest BCUT2D eigenvalue weighted by Gasteiger charge is -2.24. The minimum Gasteiger partial charge on any atom is -0.455 e. The van der Waals surface area contributed by atoms with Crippen LogP contribution in [0, 0.1) is 6.92 Å². The first-order chi connectivity index (χ1) is 13.1. The Kier molecular flexibility index (Phi) is 5.87. The van der Waals surface area contributed by atoms with E-state index in [0.29, 0.717) is 27.9 Å². The van der Waals surface area contributed by atoms with Crippen molar-refractivity contribution in [2.45, 2.75) is 19.4 Å². The molecule has 1 fully saturated rings. The van der Waals surface area contributed by atoms with Gasteiger partial charge >= 0.3 is 0 Å². The van der Waals surface area contributed by atoms with Crippen molar-refractivity contribution in [1.82, 2.24) is 10.2 Å². The summed E-state index contributed by atoms with van der Waals surface area (Å²) in [6, 6.07) is 14.9. The van der Waals surface area contributed by atoms with E-state index in [1.54, 1.807) is 30.0 Å². The Bertz CT molecular complexity index is 1060. The number of carbonyl (C=O) groups excluding carboxylic acids is 1. The molecule has 1 atom stereocenters. The molecule has 1 aliphatic rings. The van der Waals surface area contributed by atoms with E-state index in [1.807, 2.05) is 37.4 Å². The Balaban J connectivity index is 0.00000225. The van der Waals surface area contributed by atoms with Gasteiger partial charge in [-0.05, 0) is 32.0 Å². The van der Waals surface area contributed by atoms with Crippen LogP contribution in [-0.2, 0) is 0 Å². The Labute approximate surface area is 169 Å². The number of rotatable bonds is 3. The highest BCUT2D eigenvalue weighted by Gasteiger charge is 2.26. The maximum absolute atomic E-state index is 13.1. The van der Waals surface area contributed by atoms with E-state index < -0.39 is 0 Å². The Morgan fingerprint density at radius 3 is 2.57 bits per heavy atom. The molecule has 2 heterocycles. The molecule has 28 heavy (non-hydrogen) atoms. The average molecular weight is 399 g/mol. The van der Waals surface area contributed by atoms with Gasteiger partial charge in [-0.15, -0.1) is 12.4 Å². The van der Waals surface area contributed by atoms with Crippen molar-refractivity contribution in [1.29, 1.82) is 0 Å². The lowest BCUT2D eigenvalue weighted by Crippen LogP contribution is -2.38. The number of halogens is 1. The van der Waals surface area contributed by atoms with E-state index in [0.717, 1.165) is 25.1 Å².